The number of fused-ring (bicyclic) bond motifs is 1. The number of ether oxygens (including phenoxy) is 1. The summed E-state index contributed by atoms with van der Waals surface area (Å²) in [6.45, 7) is 5.54. The first kappa shape index (κ1) is 28.6. The van der Waals surface area contributed by atoms with Crippen LogP contribution in [-0.2, 0) is 10.0 Å². The molecule has 0 amide bonds. The normalized spacial score (nSPS) is 16.0. The van der Waals surface area contributed by atoms with Gasteiger partial charge in [-0.3, -0.25) is 4.72 Å². The fraction of sp³-hybridized carbons (Fsp3) is 0.242. The molecule has 6 rings (SSSR count). The number of benzene rings is 3. The molecule has 9 nitrogen and oxygen atoms in total. The second kappa shape index (κ2) is 12.4. The number of aryl methyl sites for hydroxylation is 1. The highest BCUT2D eigenvalue weighted by Gasteiger charge is 2.24. The predicted octanol–water partition coefficient (Wildman–Crippen LogP) is 6.46. The smallest absolute Gasteiger partial charge is 0.239 e. The summed E-state index contributed by atoms with van der Waals surface area (Å²) in [5, 5.41) is 7.59. The average molecular weight is 595 g/mol. The number of hydrogen-bond donors (Lipinski definition) is 3. The van der Waals surface area contributed by atoms with E-state index in [-0.39, 0.29) is 6.04 Å². The number of rotatable bonds is 9. The van der Waals surface area contributed by atoms with E-state index in [9.17, 15) is 8.42 Å². The topological polar surface area (TPSA) is 118 Å². The number of piperidine rings is 1. The number of pyridine rings is 1. The van der Waals surface area contributed by atoms with Crippen LogP contribution in [0.3, 0.4) is 0 Å². The minimum atomic E-state index is -3.72. The van der Waals surface area contributed by atoms with Crippen molar-refractivity contribution < 1.29 is 13.2 Å². The SMILES string of the molecule is Cc1ccc2c(NS(=O)(=O)[C@@H](C)c3ccccc3)cccc2c1Oc1ncccc1-c1ccnc(NC2CCCNC2)n1. The number of nitrogens with one attached hydrogen (secondary N) is 3. The maximum atomic E-state index is 13.4. The summed E-state index contributed by atoms with van der Waals surface area (Å²) in [4.78, 5) is 13.8. The Kier molecular flexibility index (Phi) is 8.22. The van der Waals surface area contributed by atoms with Gasteiger partial charge in [0.15, 0.2) is 0 Å². The second-order valence-electron chi connectivity index (χ2n) is 10.7. The molecule has 5 aromatic rings. The molecular weight excluding hydrogens is 560 g/mol. The Morgan fingerprint density at radius 2 is 1.79 bits per heavy atom. The Bertz CT molecular complexity index is 1840. The van der Waals surface area contributed by atoms with Gasteiger partial charge in [0.1, 0.15) is 11.0 Å². The summed E-state index contributed by atoms with van der Waals surface area (Å²) >= 11 is 0. The van der Waals surface area contributed by atoms with Crippen LogP contribution in [0, 0.1) is 6.92 Å². The third-order valence-corrected chi connectivity index (χ3v) is 9.43. The molecule has 0 aliphatic carbocycles. The van der Waals surface area contributed by atoms with Crippen molar-refractivity contribution in [2.24, 2.45) is 0 Å². The van der Waals surface area contributed by atoms with Crippen molar-refractivity contribution in [3.05, 3.63) is 102 Å². The molecule has 2 atom stereocenters. The Morgan fingerprint density at radius 3 is 2.60 bits per heavy atom. The molecule has 3 aromatic carbocycles. The van der Waals surface area contributed by atoms with Gasteiger partial charge in [-0.1, -0.05) is 54.6 Å². The number of sulfonamides is 1. The molecule has 1 unspecified atom stereocenters. The predicted molar refractivity (Wildman–Crippen MR) is 171 cm³/mol. The highest BCUT2D eigenvalue weighted by molar-refractivity contribution is 7.92. The molecule has 43 heavy (non-hydrogen) atoms. The van der Waals surface area contributed by atoms with E-state index < -0.39 is 15.3 Å². The van der Waals surface area contributed by atoms with E-state index in [2.05, 4.69) is 25.3 Å². The lowest BCUT2D eigenvalue weighted by Gasteiger charge is -2.23. The fourth-order valence-corrected chi connectivity index (χ4v) is 6.48. The average Bonchev–Trinajstić information content (AvgIpc) is 3.03. The van der Waals surface area contributed by atoms with Crippen LogP contribution in [-0.4, -0.2) is 42.5 Å². The molecule has 0 spiro atoms. The van der Waals surface area contributed by atoms with Crippen molar-refractivity contribution >= 4 is 32.4 Å². The van der Waals surface area contributed by atoms with E-state index in [4.69, 9.17) is 9.72 Å². The van der Waals surface area contributed by atoms with Crippen molar-refractivity contribution in [3.63, 3.8) is 0 Å². The van der Waals surface area contributed by atoms with E-state index >= 15 is 0 Å². The molecule has 0 bridgehead atoms. The van der Waals surface area contributed by atoms with E-state index in [0.717, 1.165) is 53.4 Å². The van der Waals surface area contributed by atoms with E-state index in [1.807, 2.05) is 79.7 Å². The monoisotopic (exact) mass is 594 g/mol. The van der Waals surface area contributed by atoms with Gasteiger partial charge in [-0.05, 0) is 68.6 Å². The molecule has 0 radical (unpaired) electrons. The first-order valence-corrected chi connectivity index (χ1v) is 16.0. The first-order chi connectivity index (χ1) is 20.9. The van der Waals surface area contributed by atoms with E-state index in [0.29, 0.717) is 29.0 Å². The van der Waals surface area contributed by atoms with Crippen LogP contribution in [0.15, 0.2) is 91.3 Å². The standard InChI is InChI=1S/C33H34N6O3S/c1-22-15-16-26-27(12-6-14-30(26)39-43(40,41)23(2)24-9-4-3-5-10-24)31(22)42-32-28(13-8-19-35-32)29-17-20-36-33(38-29)37-25-11-7-18-34-21-25/h3-6,8-10,12-17,19-20,23,25,34,39H,7,11,18,21H2,1-2H3,(H,36,37,38)/t23-,25?/m0/s1. The summed E-state index contributed by atoms with van der Waals surface area (Å²) in [5.41, 5.74) is 3.49. The molecular formula is C33H34N6O3S. The lowest BCUT2D eigenvalue weighted by atomic mass is 10.0. The Labute approximate surface area is 251 Å². The molecule has 220 valence electrons. The Balaban J connectivity index is 1.32. The van der Waals surface area contributed by atoms with Crippen molar-refractivity contribution in [2.45, 2.75) is 38.0 Å². The molecule has 3 N–H and O–H groups in total. The number of anilines is 2. The van der Waals surface area contributed by atoms with Gasteiger partial charge in [0, 0.05) is 35.8 Å². The maximum absolute atomic E-state index is 13.4. The highest BCUT2D eigenvalue weighted by Crippen LogP contribution is 2.39. The molecule has 3 heterocycles. The molecule has 1 aliphatic heterocycles. The van der Waals surface area contributed by atoms with Gasteiger partial charge in [-0.25, -0.2) is 23.4 Å². The van der Waals surface area contributed by atoms with Crippen LogP contribution < -0.4 is 20.1 Å². The second-order valence-corrected chi connectivity index (χ2v) is 12.7. The zero-order chi connectivity index (χ0) is 29.8. The zero-order valence-corrected chi connectivity index (χ0v) is 24.9. The first-order valence-electron chi connectivity index (χ1n) is 14.4. The summed E-state index contributed by atoms with van der Waals surface area (Å²) in [6, 6.07) is 24.4. The van der Waals surface area contributed by atoms with Crippen LogP contribution in [0.5, 0.6) is 11.6 Å². The third kappa shape index (κ3) is 6.30. The van der Waals surface area contributed by atoms with Crippen molar-refractivity contribution in [1.29, 1.82) is 0 Å². The summed E-state index contributed by atoms with van der Waals surface area (Å²) in [7, 11) is -3.72. The van der Waals surface area contributed by atoms with Crippen LogP contribution >= 0.6 is 0 Å². The minimum Gasteiger partial charge on any atom is -0.437 e. The van der Waals surface area contributed by atoms with Crippen LogP contribution in [0.25, 0.3) is 22.0 Å². The van der Waals surface area contributed by atoms with Crippen LogP contribution in [0.1, 0.15) is 36.1 Å². The van der Waals surface area contributed by atoms with Gasteiger partial charge in [0.25, 0.3) is 0 Å². The van der Waals surface area contributed by atoms with Gasteiger partial charge in [-0.15, -0.1) is 0 Å². The van der Waals surface area contributed by atoms with Gasteiger partial charge < -0.3 is 15.4 Å². The summed E-state index contributed by atoms with van der Waals surface area (Å²) in [5.74, 6) is 1.55. The van der Waals surface area contributed by atoms with Gasteiger partial charge in [0.2, 0.25) is 21.9 Å². The molecule has 10 heteroatoms. The number of hydrogen-bond acceptors (Lipinski definition) is 8. The molecule has 0 saturated carbocycles. The summed E-state index contributed by atoms with van der Waals surface area (Å²) in [6.07, 6.45) is 5.58. The Morgan fingerprint density at radius 1 is 0.930 bits per heavy atom. The number of aromatic nitrogens is 3. The molecule has 1 aliphatic rings. The van der Waals surface area contributed by atoms with Crippen LogP contribution in [0.2, 0.25) is 0 Å². The zero-order valence-electron chi connectivity index (χ0n) is 24.1. The van der Waals surface area contributed by atoms with Crippen molar-refractivity contribution in [3.8, 4) is 22.9 Å². The van der Waals surface area contributed by atoms with E-state index in [1.54, 1.807) is 25.4 Å². The molecule has 1 saturated heterocycles. The Hall–Kier alpha value is -4.54. The highest BCUT2D eigenvalue weighted by atomic mass is 32.2. The van der Waals surface area contributed by atoms with Crippen molar-refractivity contribution in [2.75, 3.05) is 23.1 Å². The van der Waals surface area contributed by atoms with Crippen LogP contribution in [0.4, 0.5) is 11.6 Å². The molecule has 1 fully saturated rings. The lowest BCUT2D eigenvalue weighted by Crippen LogP contribution is -2.38. The lowest BCUT2D eigenvalue weighted by molar-refractivity contribution is 0.466. The van der Waals surface area contributed by atoms with Crippen molar-refractivity contribution in [1.82, 2.24) is 20.3 Å². The van der Waals surface area contributed by atoms with Gasteiger partial charge in [-0.2, -0.15) is 0 Å². The third-order valence-electron chi connectivity index (χ3n) is 7.73. The quantitative estimate of drug-likeness (QED) is 0.178. The fourth-order valence-electron chi connectivity index (χ4n) is 5.31. The number of nitrogens with zero attached hydrogens (tertiary/aromatic N) is 3. The van der Waals surface area contributed by atoms with E-state index in [1.165, 1.54) is 0 Å². The minimum absolute atomic E-state index is 0.272. The largest absolute Gasteiger partial charge is 0.437 e. The molecule has 2 aromatic heterocycles. The van der Waals surface area contributed by atoms with Gasteiger partial charge >= 0.3 is 0 Å². The summed E-state index contributed by atoms with van der Waals surface area (Å²) < 4.78 is 36.1. The van der Waals surface area contributed by atoms with Gasteiger partial charge in [0.05, 0.1) is 16.9 Å². The maximum Gasteiger partial charge on any atom is 0.239 e.